The summed E-state index contributed by atoms with van der Waals surface area (Å²) in [4.78, 5) is 45.1. The minimum atomic E-state index is -1.05. The Bertz CT molecular complexity index is 1300. The van der Waals surface area contributed by atoms with Crippen LogP contribution in [0.1, 0.15) is 6.92 Å². The normalized spacial score (nSPS) is 17.2. The molecule has 0 saturated carbocycles. The van der Waals surface area contributed by atoms with Crippen LogP contribution in [-0.2, 0) is 28.6 Å². The van der Waals surface area contributed by atoms with Crippen molar-refractivity contribution in [1.82, 2.24) is 15.2 Å². The molecular weight excluding hydrogens is 575 g/mol. The van der Waals surface area contributed by atoms with E-state index < -0.39 is 35.2 Å². The highest BCUT2D eigenvalue weighted by Crippen LogP contribution is 2.45. The van der Waals surface area contributed by atoms with E-state index in [1.165, 1.54) is 44.9 Å². The van der Waals surface area contributed by atoms with Crippen molar-refractivity contribution in [3.8, 4) is 5.75 Å². The Kier molecular flexibility index (Phi) is 10.8. The van der Waals surface area contributed by atoms with Gasteiger partial charge in [0.1, 0.15) is 17.2 Å². The average molecular weight is 604 g/mol. The molecule has 2 aromatic carbocycles. The van der Waals surface area contributed by atoms with Gasteiger partial charge in [0.25, 0.3) is 5.91 Å². The van der Waals surface area contributed by atoms with E-state index in [4.69, 9.17) is 18.9 Å². The molecule has 212 valence electrons. The summed E-state index contributed by atoms with van der Waals surface area (Å²) in [6.07, 6.45) is 0. The number of nitrogens with one attached hydrogen (secondary N) is 1. The quantitative estimate of drug-likeness (QED) is 0.0685. The van der Waals surface area contributed by atoms with E-state index in [-0.39, 0.29) is 20.0 Å². The molecule has 3 aromatic rings. The third kappa shape index (κ3) is 7.55. The zero-order valence-corrected chi connectivity index (χ0v) is 24.4. The molecule has 0 spiro atoms. The lowest BCUT2D eigenvalue weighted by molar-refractivity contribution is -0.171. The van der Waals surface area contributed by atoms with Crippen LogP contribution in [0.5, 0.6) is 5.75 Å². The highest BCUT2D eigenvalue weighted by Gasteiger charge is 2.54. The Morgan fingerprint density at radius 2 is 1.90 bits per heavy atom. The van der Waals surface area contributed by atoms with Gasteiger partial charge in [0, 0.05) is 7.11 Å². The Morgan fingerprint density at radius 1 is 1.15 bits per heavy atom. The van der Waals surface area contributed by atoms with Crippen molar-refractivity contribution in [3.63, 3.8) is 0 Å². The van der Waals surface area contributed by atoms with Crippen molar-refractivity contribution in [2.75, 3.05) is 33.7 Å². The van der Waals surface area contributed by atoms with Gasteiger partial charge < -0.3 is 29.2 Å². The summed E-state index contributed by atoms with van der Waals surface area (Å²) in [6.45, 7) is 5.61. The number of hydrogen-bond donors (Lipinski definition) is 1. The number of hydrogen-bond acceptors (Lipinski definition) is 11. The molecule has 1 fully saturated rings. The lowest BCUT2D eigenvalue weighted by atomic mass is 9.99. The van der Waals surface area contributed by atoms with Gasteiger partial charge in [-0.3, -0.25) is 9.59 Å². The van der Waals surface area contributed by atoms with Gasteiger partial charge in [-0.15, -0.1) is 11.3 Å². The van der Waals surface area contributed by atoms with Crippen molar-refractivity contribution in [2.24, 2.45) is 0 Å². The van der Waals surface area contributed by atoms with Gasteiger partial charge in [0.15, 0.2) is 23.8 Å². The second kappa shape index (κ2) is 14.5. The molecule has 2 amide bonds. The molecule has 0 bridgehead atoms. The SMILES string of the molecule is C=C(C)C(C(=O)OCOCCOC)N1C(=O)C(NC(=O)COc2ccccc2)C1SSc1nc2ccccc2s1. The predicted octanol–water partition coefficient (Wildman–Crippen LogP) is 3.88. The maximum Gasteiger partial charge on any atom is 0.335 e. The number of amides is 2. The second-order valence-corrected chi connectivity index (χ2v) is 12.2. The molecule has 2 heterocycles. The van der Waals surface area contributed by atoms with Crippen LogP contribution in [0.15, 0.2) is 71.1 Å². The van der Waals surface area contributed by atoms with Crippen LogP contribution in [0.4, 0.5) is 0 Å². The molecule has 3 atom stereocenters. The number of aromatic nitrogens is 1. The number of likely N-dealkylation sites (tertiary alicyclic amines) is 1. The number of ether oxygens (including phenoxy) is 4. The molecule has 1 aromatic heterocycles. The van der Waals surface area contributed by atoms with E-state index in [1.807, 2.05) is 30.3 Å². The standard InChI is InChI=1S/C27H29N3O7S3/c1-17(2)23(26(33)37-16-35-14-13-34-3)30-24(32)22(29-21(31)15-36-18-9-5-4-6-10-18)25(30)39-40-27-28-19-11-7-8-12-20(19)38-27/h4-12,22-23,25H,1,13-16H2,2-3H3,(H,29,31). The lowest BCUT2D eigenvalue weighted by Gasteiger charge is -2.49. The summed E-state index contributed by atoms with van der Waals surface area (Å²) >= 11 is 1.52. The second-order valence-electron chi connectivity index (χ2n) is 8.64. The third-order valence-corrected chi connectivity index (χ3v) is 9.71. The smallest absolute Gasteiger partial charge is 0.335 e. The fourth-order valence-corrected chi connectivity index (χ4v) is 7.74. The highest BCUT2D eigenvalue weighted by atomic mass is 33.1. The van der Waals surface area contributed by atoms with Crippen molar-refractivity contribution >= 4 is 60.9 Å². The largest absolute Gasteiger partial charge is 0.484 e. The topological polar surface area (TPSA) is 116 Å². The van der Waals surface area contributed by atoms with Crippen LogP contribution in [-0.4, -0.2) is 78.8 Å². The first-order valence-electron chi connectivity index (χ1n) is 12.3. The van der Waals surface area contributed by atoms with Crippen LogP contribution < -0.4 is 10.1 Å². The molecule has 1 saturated heterocycles. The van der Waals surface area contributed by atoms with E-state index >= 15 is 0 Å². The van der Waals surface area contributed by atoms with Gasteiger partial charge in [-0.25, -0.2) is 9.78 Å². The van der Waals surface area contributed by atoms with E-state index in [1.54, 1.807) is 31.2 Å². The number of β-lactam (4-membered cyclic amide) rings is 1. The van der Waals surface area contributed by atoms with Gasteiger partial charge in [-0.05, 0) is 47.6 Å². The number of benzene rings is 2. The zero-order valence-electron chi connectivity index (χ0n) is 21.9. The Hall–Kier alpha value is -3.10. The highest BCUT2D eigenvalue weighted by molar-refractivity contribution is 8.77. The average Bonchev–Trinajstić information content (AvgIpc) is 3.38. The van der Waals surface area contributed by atoms with Gasteiger partial charge in [-0.1, -0.05) is 47.7 Å². The molecule has 1 aliphatic heterocycles. The minimum absolute atomic E-state index is 0.251. The molecule has 10 nitrogen and oxygen atoms in total. The van der Waals surface area contributed by atoms with Crippen LogP contribution in [0.25, 0.3) is 10.2 Å². The Morgan fingerprint density at radius 3 is 2.62 bits per heavy atom. The van der Waals surface area contributed by atoms with E-state index in [2.05, 4.69) is 16.9 Å². The number of rotatable bonds is 15. The number of fused-ring (bicyclic) bond motifs is 1. The third-order valence-electron chi connectivity index (χ3n) is 5.69. The fourth-order valence-electron chi connectivity index (χ4n) is 3.79. The number of carbonyl (C=O) groups excluding carboxylic acids is 3. The Balaban J connectivity index is 1.46. The lowest BCUT2D eigenvalue weighted by Crippen LogP contribution is -2.73. The maximum absolute atomic E-state index is 13.3. The van der Waals surface area contributed by atoms with E-state index in [0.717, 1.165) is 14.6 Å². The number of methoxy groups -OCH3 is 1. The molecule has 0 aliphatic carbocycles. The molecule has 1 aliphatic rings. The Labute approximate surface area is 243 Å². The summed E-state index contributed by atoms with van der Waals surface area (Å²) in [7, 11) is 4.23. The number of carbonyl (C=O) groups is 3. The summed E-state index contributed by atoms with van der Waals surface area (Å²) in [5.74, 6) is -1.03. The predicted molar refractivity (Wildman–Crippen MR) is 155 cm³/mol. The first kappa shape index (κ1) is 29.9. The van der Waals surface area contributed by atoms with Crippen LogP contribution in [0, 0.1) is 0 Å². The first-order chi connectivity index (χ1) is 19.4. The van der Waals surface area contributed by atoms with E-state index in [9.17, 15) is 14.4 Å². The summed E-state index contributed by atoms with van der Waals surface area (Å²) < 4.78 is 22.8. The minimum Gasteiger partial charge on any atom is -0.484 e. The van der Waals surface area contributed by atoms with Gasteiger partial charge in [0.2, 0.25) is 5.91 Å². The molecule has 3 unspecified atom stereocenters. The van der Waals surface area contributed by atoms with Crippen molar-refractivity contribution in [2.45, 2.75) is 28.7 Å². The van der Waals surface area contributed by atoms with Crippen LogP contribution in [0.2, 0.25) is 0 Å². The van der Waals surface area contributed by atoms with Crippen molar-refractivity contribution in [3.05, 3.63) is 66.7 Å². The molecular formula is C27H29N3O7S3. The number of nitrogens with zero attached hydrogens (tertiary/aromatic N) is 2. The monoisotopic (exact) mass is 603 g/mol. The summed E-state index contributed by atoms with van der Waals surface area (Å²) in [5.41, 5.74) is 1.29. The zero-order chi connectivity index (χ0) is 28.5. The molecule has 13 heteroatoms. The van der Waals surface area contributed by atoms with Gasteiger partial charge in [-0.2, -0.15) is 0 Å². The van der Waals surface area contributed by atoms with Crippen LogP contribution in [0.3, 0.4) is 0 Å². The van der Waals surface area contributed by atoms with Crippen molar-refractivity contribution < 1.29 is 33.3 Å². The summed E-state index contributed by atoms with van der Waals surface area (Å²) in [5, 5.41) is 2.15. The van der Waals surface area contributed by atoms with E-state index in [0.29, 0.717) is 17.9 Å². The molecule has 0 radical (unpaired) electrons. The van der Waals surface area contributed by atoms with Crippen molar-refractivity contribution in [1.29, 1.82) is 0 Å². The number of para-hydroxylation sites is 2. The molecule has 40 heavy (non-hydrogen) atoms. The van der Waals surface area contributed by atoms with Gasteiger partial charge >= 0.3 is 5.97 Å². The first-order valence-corrected chi connectivity index (χ1v) is 15.3. The molecule has 1 N–H and O–H groups in total. The fraction of sp³-hybridized carbons (Fsp3) is 0.333. The maximum atomic E-state index is 13.3. The molecule has 4 rings (SSSR count). The summed E-state index contributed by atoms with van der Waals surface area (Å²) in [6, 6.07) is 14.7. The number of thiazole rings is 1. The van der Waals surface area contributed by atoms with Gasteiger partial charge in [0.05, 0.1) is 23.4 Å². The number of esters is 1. The van der Waals surface area contributed by atoms with Crippen LogP contribution >= 0.6 is 32.9 Å².